The van der Waals surface area contributed by atoms with Gasteiger partial charge in [0.1, 0.15) is 0 Å². The molecule has 0 aromatic rings. The second-order valence-corrected chi connectivity index (χ2v) is 3.82. The van der Waals surface area contributed by atoms with Crippen LogP contribution in [-0.4, -0.2) is 5.91 Å². The van der Waals surface area contributed by atoms with Gasteiger partial charge in [0.15, 0.2) is 0 Å². The summed E-state index contributed by atoms with van der Waals surface area (Å²) < 4.78 is 0. The van der Waals surface area contributed by atoms with Crippen LogP contribution in [-0.2, 0) is 4.79 Å². The molecule has 11 heavy (non-hydrogen) atoms. The van der Waals surface area contributed by atoms with E-state index in [1.807, 2.05) is 0 Å². The van der Waals surface area contributed by atoms with E-state index in [-0.39, 0.29) is 5.91 Å². The van der Waals surface area contributed by atoms with Crippen LogP contribution in [0.4, 0.5) is 0 Å². The molecule has 0 spiro atoms. The first kappa shape index (κ1) is 10.5. The second-order valence-electron chi connectivity index (χ2n) is 3.82. The SMILES string of the molecule is CC(C)C(CC(N)=O)C(C)C. The third-order valence-electron chi connectivity index (χ3n) is 2.15. The first-order chi connectivity index (χ1) is 4.95. The number of carbonyl (C=O) groups is 1. The summed E-state index contributed by atoms with van der Waals surface area (Å²) in [5, 5.41) is 0. The van der Waals surface area contributed by atoms with Crippen molar-refractivity contribution in [3.05, 3.63) is 0 Å². The van der Waals surface area contributed by atoms with Crippen LogP contribution in [0.2, 0.25) is 0 Å². The molecule has 66 valence electrons. The summed E-state index contributed by atoms with van der Waals surface area (Å²) in [6.07, 6.45) is 0.523. The second kappa shape index (κ2) is 4.37. The summed E-state index contributed by atoms with van der Waals surface area (Å²) in [5.74, 6) is 1.34. The molecule has 0 aromatic heterocycles. The number of primary amides is 1. The van der Waals surface area contributed by atoms with E-state index in [0.717, 1.165) is 0 Å². The summed E-state index contributed by atoms with van der Waals surface area (Å²) >= 11 is 0. The van der Waals surface area contributed by atoms with Crippen LogP contribution in [0.5, 0.6) is 0 Å². The van der Waals surface area contributed by atoms with Gasteiger partial charge in [-0.15, -0.1) is 0 Å². The van der Waals surface area contributed by atoms with Crippen LogP contribution in [0.1, 0.15) is 34.1 Å². The Balaban J connectivity index is 4.00. The maximum Gasteiger partial charge on any atom is 0.217 e. The van der Waals surface area contributed by atoms with Crippen LogP contribution in [0.15, 0.2) is 0 Å². The maximum atomic E-state index is 10.6. The molecule has 0 radical (unpaired) electrons. The number of amides is 1. The fourth-order valence-corrected chi connectivity index (χ4v) is 1.47. The minimum Gasteiger partial charge on any atom is -0.370 e. The van der Waals surface area contributed by atoms with Gasteiger partial charge in [-0.1, -0.05) is 27.7 Å². The lowest BCUT2D eigenvalue weighted by atomic mass is 9.83. The predicted octanol–water partition coefficient (Wildman–Crippen LogP) is 1.79. The zero-order valence-corrected chi connectivity index (χ0v) is 7.92. The van der Waals surface area contributed by atoms with Crippen molar-refractivity contribution in [3.63, 3.8) is 0 Å². The van der Waals surface area contributed by atoms with Gasteiger partial charge < -0.3 is 5.73 Å². The van der Waals surface area contributed by atoms with Gasteiger partial charge >= 0.3 is 0 Å². The molecule has 0 aliphatic carbocycles. The van der Waals surface area contributed by atoms with Gasteiger partial charge in [-0.25, -0.2) is 0 Å². The summed E-state index contributed by atoms with van der Waals surface area (Å²) in [5.41, 5.74) is 5.13. The lowest BCUT2D eigenvalue weighted by Crippen LogP contribution is -2.23. The van der Waals surface area contributed by atoms with Crippen molar-refractivity contribution in [3.8, 4) is 0 Å². The fourth-order valence-electron chi connectivity index (χ4n) is 1.47. The minimum absolute atomic E-state index is 0.183. The predicted molar refractivity (Wildman–Crippen MR) is 47.0 cm³/mol. The Labute approximate surface area is 69.2 Å². The zero-order chi connectivity index (χ0) is 9.02. The van der Waals surface area contributed by atoms with E-state index in [2.05, 4.69) is 27.7 Å². The first-order valence-corrected chi connectivity index (χ1v) is 4.23. The van der Waals surface area contributed by atoms with E-state index in [0.29, 0.717) is 24.2 Å². The third kappa shape index (κ3) is 4.02. The van der Waals surface area contributed by atoms with Crippen LogP contribution < -0.4 is 5.73 Å². The van der Waals surface area contributed by atoms with Crippen molar-refractivity contribution in [1.29, 1.82) is 0 Å². The Morgan fingerprint density at radius 2 is 1.55 bits per heavy atom. The minimum atomic E-state index is -0.183. The molecular formula is C9H19NO. The van der Waals surface area contributed by atoms with E-state index < -0.39 is 0 Å². The molecule has 0 saturated heterocycles. The van der Waals surface area contributed by atoms with Crippen molar-refractivity contribution in [1.82, 2.24) is 0 Å². The Kier molecular flexibility index (Phi) is 4.16. The van der Waals surface area contributed by atoms with Gasteiger partial charge in [-0.2, -0.15) is 0 Å². The normalized spacial score (nSPS) is 11.5. The first-order valence-electron chi connectivity index (χ1n) is 4.23. The molecule has 1 amide bonds. The van der Waals surface area contributed by atoms with Crippen molar-refractivity contribution in [2.75, 3.05) is 0 Å². The highest BCUT2D eigenvalue weighted by Crippen LogP contribution is 2.23. The van der Waals surface area contributed by atoms with Crippen LogP contribution >= 0.6 is 0 Å². The van der Waals surface area contributed by atoms with E-state index in [1.165, 1.54) is 0 Å². The van der Waals surface area contributed by atoms with E-state index in [9.17, 15) is 4.79 Å². The van der Waals surface area contributed by atoms with E-state index in [4.69, 9.17) is 5.73 Å². The highest BCUT2D eigenvalue weighted by Gasteiger charge is 2.19. The molecule has 0 atom stereocenters. The standard InChI is InChI=1S/C9H19NO/c1-6(2)8(7(3)4)5-9(10)11/h6-8H,5H2,1-4H3,(H2,10,11). The number of hydrogen-bond donors (Lipinski definition) is 1. The number of hydrogen-bond acceptors (Lipinski definition) is 1. The summed E-state index contributed by atoms with van der Waals surface area (Å²) in [4.78, 5) is 10.6. The molecule has 0 bridgehead atoms. The number of nitrogens with two attached hydrogens (primary N) is 1. The number of rotatable bonds is 4. The Hall–Kier alpha value is -0.530. The third-order valence-corrected chi connectivity index (χ3v) is 2.15. The number of carbonyl (C=O) groups excluding carboxylic acids is 1. The van der Waals surface area contributed by atoms with Gasteiger partial charge in [-0.05, 0) is 17.8 Å². The average molecular weight is 157 g/mol. The zero-order valence-electron chi connectivity index (χ0n) is 7.92. The Morgan fingerprint density at radius 3 is 1.64 bits per heavy atom. The summed E-state index contributed by atoms with van der Waals surface area (Å²) in [6.45, 7) is 8.53. The van der Waals surface area contributed by atoms with Crippen LogP contribution in [0.25, 0.3) is 0 Å². The molecule has 0 aliphatic heterocycles. The Morgan fingerprint density at radius 1 is 1.18 bits per heavy atom. The molecule has 0 fully saturated rings. The molecule has 0 aromatic carbocycles. The average Bonchev–Trinajstić information content (AvgIpc) is 1.81. The molecule has 0 aliphatic rings. The van der Waals surface area contributed by atoms with E-state index in [1.54, 1.807) is 0 Å². The maximum absolute atomic E-state index is 10.6. The quantitative estimate of drug-likeness (QED) is 0.664. The summed E-state index contributed by atoms with van der Waals surface area (Å²) in [7, 11) is 0. The van der Waals surface area contributed by atoms with Crippen LogP contribution in [0, 0.1) is 17.8 Å². The molecular weight excluding hydrogens is 138 g/mol. The lowest BCUT2D eigenvalue weighted by Gasteiger charge is -2.22. The topological polar surface area (TPSA) is 43.1 Å². The highest BCUT2D eigenvalue weighted by molar-refractivity contribution is 5.74. The monoisotopic (exact) mass is 157 g/mol. The van der Waals surface area contributed by atoms with E-state index >= 15 is 0 Å². The molecule has 2 nitrogen and oxygen atoms in total. The van der Waals surface area contributed by atoms with Gasteiger partial charge in [0.2, 0.25) is 5.91 Å². The molecule has 2 N–H and O–H groups in total. The molecule has 0 heterocycles. The van der Waals surface area contributed by atoms with Crippen LogP contribution in [0.3, 0.4) is 0 Å². The molecule has 0 saturated carbocycles. The van der Waals surface area contributed by atoms with Crippen molar-refractivity contribution < 1.29 is 4.79 Å². The largest absolute Gasteiger partial charge is 0.370 e. The summed E-state index contributed by atoms with van der Waals surface area (Å²) in [6, 6.07) is 0. The molecule has 0 rings (SSSR count). The van der Waals surface area contributed by atoms with Crippen molar-refractivity contribution >= 4 is 5.91 Å². The van der Waals surface area contributed by atoms with Gasteiger partial charge in [0.25, 0.3) is 0 Å². The van der Waals surface area contributed by atoms with Crippen molar-refractivity contribution in [2.24, 2.45) is 23.5 Å². The van der Waals surface area contributed by atoms with Gasteiger partial charge in [-0.3, -0.25) is 4.79 Å². The Bertz CT molecular complexity index is 122. The van der Waals surface area contributed by atoms with Crippen molar-refractivity contribution in [2.45, 2.75) is 34.1 Å². The molecule has 2 heteroatoms. The van der Waals surface area contributed by atoms with Gasteiger partial charge in [0, 0.05) is 6.42 Å². The van der Waals surface area contributed by atoms with Gasteiger partial charge in [0.05, 0.1) is 0 Å². The molecule has 0 unspecified atom stereocenters. The highest BCUT2D eigenvalue weighted by atomic mass is 16.1. The lowest BCUT2D eigenvalue weighted by molar-refractivity contribution is -0.119. The smallest absolute Gasteiger partial charge is 0.217 e. The fraction of sp³-hybridized carbons (Fsp3) is 0.889.